The number of halogens is 2. The van der Waals surface area contributed by atoms with Crippen LogP contribution in [0.3, 0.4) is 0 Å². The summed E-state index contributed by atoms with van der Waals surface area (Å²) in [7, 11) is 0. The molecule has 1 rings (SSSR count). The van der Waals surface area contributed by atoms with Gasteiger partial charge in [-0.05, 0) is 17.7 Å². The highest BCUT2D eigenvalue weighted by Crippen LogP contribution is 2.09. The largest absolute Gasteiger partial charge is 0.291 e. The van der Waals surface area contributed by atoms with E-state index in [0.717, 1.165) is 6.07 Å². The Labute approximate surface area is 74.7 Å². The normalized spacial score (nSPS) is 10.6. The third-order valence-electron chi connectivity index (χ3n) is 1.40. The second-order valence-corrected chi connectivity index (χ2v) is 2.45. The first-order chi connectivity index (χ1) is 6.22. The molecule has 0 aliphatic carbocycles. The van der Waals surface area contributed by atoms with E-state index in [1.165, 1.54) is 24.3 Å². The summed E-state index contributed by atoms with van der Waals surface area (Å²) in [6.07, 6.45) is 4.72. The van der Waals surface area contributed by atoms with E-state index in [1.54, 1.807) is 6.29 Å². The Morgan fingerprint density at radius 2 is 1.85 bits per heavy atom. The van der Waals surface area contributed by atoms with E-state index in [1.807, 2.05) is 0 Å². The van der Waals surface area contributed by atoms with Crippen LogP contribution in [0.5, 0.6) is 0 Å². The zero-order valence-corrected chi connectivity index (χ0v) is 6.76. The van der Waals surface area contributed by atoms with E-state index < -0.39 is 11.6 Å². The molecule has 1 radical (unpaired) electrons. The fraction of sp³-hybridized carbons (Fsp3) is 0.100. The lowest BCUT2D eigenvalue weighted by Crippen LogP contribution is -1.81. The van der Waals surface area contributed by atoms with Crippen molar-refractivity contribution in [1.29, 1.82) is 0 Å². The Morgan fingerprint density at radius 3 is 2.38 bits per heavy atom. The minimum absolute atomic E-state index is 0.123. The topological polar surface area (TPSA) is 17.1 Å². The summed E-state index contributed by atoms with van der Waals surface area (Å²) in [5.74, 6) is -1.26. The van der Waals surface area contributed by atoms with Gasteiger partial charge >= 0.3 is 0 Å². The Balaban J connectivity index is 2.82. The summed E-state index contributed by atoms with van der Waals surface area (Å²) < 4.78 is 25.2. The molecular formula is C10H7F2O. The summed E-state index contributed by atoms with van der Waals surface area (Å²) in [5.41, 5.74) is 0.396. The van der Waals surface area contributed by atoms with Gasteiger partial charge < -0.3 is 0 Å². The average molecular weight is 181 g/mol. The highest BCUT2D eigenvalue weighted by Gasteiger charge is 1.96. The van der Waals surface area contributed by atoms with Gasteiger partial charge in [-0.2, -0.15) is 0 Å². The zero-order chi connectivity index (χ0) is 9.68. The van der Waals surface area contributed by atoms with Gasteiger partial charge in [-0.3, -0.25) is 4.79 Å². The number of carbonyl (C=O) groups excluding carboxylic acids is 1. The Bertz CT molecular complexity index is 311. The summed E-state index contributed by atoms with van der Waals surface area (Å²) in [6.45, 7) is 0. The van der Waals surface area contributed by atoms with Crippen LogP contribution in [0.1, 0.15) is 12.0 Å². The Kier molecular flexibility index (Phi) is 3.31. The first kappa shape index (κ1) is 9.58. The smallest absolute Gasteiger partial charge is 0.202 e. The summed E-state index contributed by atoms with van der Waals surface area (Å²) in [5, 5.41) is 0. The van der Waals surface area contributed by atoms with E-state index in [4.69, 9.17) is 0 Å². The second kappa shape index (κ2) is 4.50. The van der Waals surface area contributed by atoms with Crippen molar-refractivity contribution in [2.24, 2.45) is 0 Å². The minimum Gasteiger partial charge on any atom is -0.291 e. The van der Waals surface area contributed by atoms with Crippen LogP contribution in [0.4, 0.5) is 8.78 Å². The summed E-state index contributed by atoms with van der Waals surface area (Å²) in [4.78, 5) is 9.80. The van der Waals surface area contributed by atoms with Crippen LogP contribution >= 0.6 is 0 Å². The quantitative estimate of drug-likeness (QED) is 0.700. The third kappa shape index (κ3) is 3.15. The van der Waals surface area contributed by atoms with Gasteiger partial charge in [-0.15, -0.1) is 0 Å². The van der Waals surface area contributed by atoms with Crippen molar-refractivity contribution in [3.05, 3.63) is 41.5 Å². The van der Waals surface area contributed by atoms with Crippen molar-refractivity contribution in [3.63, 3.8) is 0 Å². The number of hydrogen-bond acceptors (Lipinski definition) is 1. The first-order valence-electron chi connectivity index (χ1n) is 3.70. The fourth-order valence-corrected chi connectivity index (χ4v) is 0.915. The molecule has 1 nitrogen and oxygen atoms in total. The molecule has 0 aliphatic heterocycles. The van der Waals surface area contributed by atoms with Crippen LogP contribution in [-0.2, 0) is 4.79 Å². The molecule has 0 bridgehead atoms. The minimum atomic E-state index is -0.630. The van der Waals surface area contributed by atoms with E-state index in [9.17, 15) is 13.6 Å². The molecular weight excluding hydrogens is 174 g/mol. The van der Waals surface area contributed by atoms with Crippen LogP contribution in [-0.4, -0.2) is 6.29 Å². The lowest BCUT2D eigenvalue weighted by atomic mass is 10.2. The number of allylic oxidation sites excluding steroid dienone is 1. The lowest BCUT2D eigenvalue weighted by molar-refractivity contribution is 0.556. The number of benzene rings is 1. The standard InChI is InChI=1S/C10H7F2O/c11-9-5-8(3-1-2-4-13)6-10(12)7-9/h1,3,5-7H,2H2/b3-1+. The van der Waals surface area contributed by atoms with E-state index >= 15 is 0 Å². The van der Waals surface area contributed by atoms with E-state index in [2.05, 4.69) is 0 Å². The van der Waals surface area contributed by atoms with Crippen LogP contribution in [0.2, 0.25) is 0 Å². The van der Waals surface area contributed by atoms with E-state index in [-0.39, 0.29) is 6.42 Å². The third-order valence-corrected chi connectivity index (χ3v) is 1.40. The van der Waals surface area contributed by atoms with Crippen molar-refractivity contribution in [3.8, 4) is 0 Å². The predicted molar refractivity (Wildman–Crippen MR) is 45.7 cm³/mol. The SMILES string of the molecule is O=[C]C/C=C/c1cc(F)cc(F)c1. The molecule has 0 aromatic heterocycles. The van der Waals surface area contributed by atoms with Gasteiger partial charge in [0.15, 0.2) is 0 Å². The van der Waals surface area contributed by atoms with Gasteiger partial charge in [0.2, 0.25) is 6.29 Å². The molecule has 0 spiro atoms. The molecule has 0 aliphatic rings. The highest BCUT2D eigenvalue weighted by atomic mass is 19.1. The van der Waals surface area contributed by atoms with Crippen molar-refractivity contribution < 1.29 is 13.6 Å². The Hall–Kier alpha value is -1.51. The Morgan fingerprint density at radius 1 is 1.23 bits per heavy atom. The maximum absolute atomic E-state index is 12.6. The molecule has 0 amide bonds. The second-order valence-electron chi connectivity index (χ2n) is 2.45. The highest BCUT2D eigenvalue weighted by molar-refractivity contribution is 5.58. The van der Waals surface area contributed by atoms with Crippen molar-refractivity contribution in [2.45, 2.75) is 6.42 Å². The van der Waals surface area contributed by atoms with E-state index in [0.29, 0.717) is 5.56 Å². The van der Waals surface area contributed by atoms with Gasteiger partial charge in [0, 0.05) is 12.5 Å². The summed E-state index contributed by atoms with van der Waals surface area (Å²) >= 11 is 0. The molecule has 1 aromatic rings. The van der Waals surface area contributed by atoms with Gasteiger partial charge in [0.05, 0.1) is 0 Å². The van der Waals surface area contributed by atoms with Gasteiger partial charge in [-0.25, -0.2) is 8.78 Å². The maximum Gasteiger partial charge on any atom is 0.202 e. The lowest BCUT2D eigenvalue weighted by Gasteiger charge is -1.94. The average Bonchev–Trinajstić information content (AvgIpc) is 2.03. The van der Waals surface area contributed by atoms with Crippen LogP contribution < -0.4 is 0 Å². The molecule has 0 N–H and O–H groups in total. The first-order valence-corrected chi connectivity index (χ1v) is 3.70. The molecule has 0 saturated heterocycles. The van der Waals surface area contributed by atoms with Crippen molar-refractivity contribution in [2.75, 3.05) is 0 Å². The van der Waals surface area contributed by atoms with Gasteiger partial charge in [0.1, 0.15) is 11.6 Å². The van der Waals surface area contributed by atoms with Crippen LogP contribution in [0.25, 0.3) is 6.08 Å². The fourth-order valence-electron chi connectivity index (χ4n) is 0.915. The zero-order valence-electron chi connectivity index (χ0n) is 6.76. The molecule has 0 fully saturated rings. The molecule has 67 valence electrons. The predicted octanol–water partition coefficient (Wildman–Crippen LogP) is 2.48. The molecule has 0 unspecified atom stereocenters. The van der Waals surface area contributed by atoms with Crippen LogP contribution in [0.15, 0.2) is 24.3 Å². The molecule has 1 aromatic carbocycles. The molecule has 0 saturated carbocycles. The molecule has 0 heterocycles. The maximum atomic E-state index is 12.6. The summed E-state index contributed by atoms with van der Waals surface area (Å²) in [6, 6.07) is 3.16. The number of rotatable bonds is 3. The number of hydrogen-bond donors (Lipinski definition) is 0. The van der Waals surface area contributed by atoms with Gasteiger partial charge in [-0.1, -0.05) is 12.2 Å². The molecule has 3 heteroatoms. The van der Waals surface area contributed by atoms with Gasteiger partial charge in [0.25, 0.3) is 0 Å². The van der Waals surface area contributed by atoms with Crippen LogP contribution in [0, 0.1) is 11.6 Å². The van der Waals surface area contributed by atoms with Crippen molar-refractivity contribution >= 4 is 12.4 Å². The monoisotopic (exact) mass is 181 g/mol. The molecule has 0 atom stereocenters. The van der Waals surface area contributed by atoms with Crippen molar-refractivity contribution in [1.82, 2.24) is 0 Å². The molecule has 13 heavy (non-hydrogen) atoms.